The zero-order chi connectivity index (χ0) is 21.3. The first kappa shape index (κ1) is 20.7. The Labute approximate surface area is 180 Å². The summed E-state index contributed by atoms with van der Waals surface area (Å²) in [4.78, 5) is 31.8. The molecule has 1 aliphatic heterocycles. The quantitative estimate of drug-likeness (QED) is 0.416. The molecule has 9 nitrogen and oxygen atoms in total. The average molecular weight is 451 g/mol. The number of hydrogen-bond donors (Lipinski definition) is 0. The topological polar surface area (TPSA) is 102 Å². The molecule has 1 amide bonds. The van der Waals surface area contributed by atoms with Gasteiger partial charge < -0.3 is 9.15 Å². The SMILES string of the molecule is Cc1ccc(Cl)c2sc(N(CCN3CCOCC3)C(=O)c3ccc([N+](=O)[O-])o3)nc12. The third kappa shape index (κ3) is 4.17. The highest BCUT2D eigenvalue weighted by Crippen LogP contribution is 2.36. The molecule has 11 heteroatoms. The number of rotatable bonds is 6. The van der Waals surface area contributed by atoms with E-state index in [2.05, 4.69) is 9.88 Å². The van der Waals surface area contributed by atoms with E-state index in [1.54, 1.807) is 6.07 Å². The Hall–Kier alpha value is -2.53. The van der Waals surface area contributed by atoms with E-state index in [1.165, 1.54) is 28.4 Å². The second-order valence-corrected chi connectivity index (χ2v) is 8.23. The van der Waals surface area contributed by atoms with Crippen molar-refractivity contribution in [3.8, 4) is 0 Å². The number of ether oxygens (including phenoxy) is 1. The minimum Gasteiger partial charge on any atom is -0.395 e. The number of halogens is 1. The minimum atomic E-state index is -0.671. The van der Waals surface area contributed by atoms with E-state index in [1.807, 2.05) is 13.0 Å². The lowest BCUT2D eigenvalue weighted by Crippen LogP contribution is -2.43. The number of amides is 1. The third-order valence-electron chi connectivity index (χ3n) is 4.89. The van der Waals surface area contributed by atoms with Crippen LogP contribution in [0.2, 0.25) is 5.02 Å². The number of thiazole rings is 1. The Bertz CT molecular complexity index is 1050. The Morgan fingerprint density at radius 1 is 1.33 bits per heavy atom. The second kappa shape index (κ2) is 8.68. The van der Waals surface area contributed by atoms with Crippen LogP contribution in [0, 0.1) is 17.0 Å². The van der Waals surface area contributed by atoms with Gasteiger partial charge in [0.1, 0.15) is 4.92 Å². The van der Waals surface area contributed by atoms with Gasteiger partial charge in [-0.15, -0.1) is 0 Å². The standard InChI is InChI=1S/C19H19ClN4O5S/c1-12-2-3-13(20)17-16(12)21-19(30-17)23(7-6-22-8-10-28-11-9-22)18(25)14-4-5-15(29-14)24(26)27/h2-5H,6-11H2,1H3. The molecule has 0 unspecified atom stereocenters. The molecule has 0 N–H and O–H groups in total. The Morgan fingerprint density at radius 3 is 2.77 bits per heavy atom. The van der Waals surface area contributed by atoms with Gasteiger partial charge in [0.05, 0.1) is 34.5 Å². The maximum absolute atomic E-state index is 13.2. The van der Waals surface area contributed by atoms with Crippen LogP contribution in [0.15, 0.2) is 28.7 Å². The van der Waals surface area contributed by atoms with Crippen molar-refractivity contribution in [1.82, 2.24) is 9.88 Å². The van der Waals surface area contributed by atoms with E-state index in [0.29, 0.717) is 36.5 Å². The molecule has 1 aromatic carbocycles. The van der Waals surface area contributed by atoms with E-state index < -0.39 is 16.7 Å². The summed E-state index contributed by atoms with van der Waals surface area (Å²) in [7, 11) is 0. The van der Waals surface area contributed by atoms with Gasteiger partial charge in [0.2, 0.25) is 0 Å². The number of aryl methyl sites for hydroxylation is 1. The summed E-state index contributed by atoms with van der Waals surface area (Å²) in [6.45, 7) is 5.74. The molecule has 1 aliphatic rings. The van der Waals surface area contributed by atoms with E-state index >= 15 is 0 Å². The van der Waals surface area contributed by atoms with Crippen LogP contribution in [0.5, 0.6) is 0 Å². The molecule has 0 radical (unpaired) electrons. The van der Waals surface area contributed by atoms with Gasteiger partial charge in [0, 0.05) is 26.2 Å². The summed E-state index contributed by atoms with van der Waals surface area (Å²) in [6.07, 6.45) is 0. The molecular formula is C19H19ClN4O5S. The van der Waals surface area contributed by atoms with Crippen LogP contribution < -0.4 is 4.90 Å². The van der Waals surface area contributed by atoms with Crippen LogP contribution >= 0.6 is 22.9 Å². The zero-order valence-electron chi connectivity index (χ0n) is 16.2. The normalized spacial score (nSPS) is 14.9. The number of nitrogens with zero attached hydrogens (tertiary/aromatic N) is 4. The molecule has 1 saturated heterocycles. The molecule has 30 heavy (non-hydrogen) atoms. The molecule has 2 aromatic heterocycles. The molecule has 4 rings (SSSR count). The van der Waals surface area contributed by atoms with Gasteiger partial charge in [0.25, 0.3) is 5.91 Å². The number of aromatic nitrogens is 1. The summed E-state index contributed by atoms with van der Waals surface area (Å²) < 4.78 is 11.3. The first-order valence-corrected chi connectivity index (χ1v) is 10.6. The molecule has 0 atom stereocenters. The number of carbonyl (C=O) groups excluding carboxylic acids is 1. The summed E-state index contributed by atoms with van der Waals surface area (Å²) in [5.41, 5.74) is 1.68. The van der Waals surface area contributed by atoms with Crippen molar-refractivity contribution in [2.45, 2.75) is 6.92 Å². The molecule has 1 fully saturated rings. The van der Waals surface area contributed by atoms with Crippen LogP contribution in [0.3, 0.4) is 0 Å². The summed E-state index contributed by atoms with van der Waals surface area (Å²) in [6, 6.07) is 6.17. The van der Waals surface area contributed by atoms with Crippen molar-refractivity contribution in [3.63, 3.8) is 0 Å². The minimum absolute atomic E-state index is 0.106. The number of hydrogen-bond acceptors (Lipinski definition) is 8. The van der Waals surface area contributed by atoms with Crippen LogP contribution in [-0.4, -0.2) is 60.1 Å². The van der Waals surface area contributed by atoms with Crippen molar-refractivity contribution in [3.05, 3.63) is 50.7 Å². The van der Waals surface area contributed by atoms with Crippen molar-refractivity contribution in [2.75, 3.05) is 44.3 Å². The summed E-state index contributed by atoms with van der Waals surface area (Å²) in [5, 5.41) is 12.0. The summed E-state index contributed by atoms with van der Waals surface area (Å²) >= 11 is 7.64. The van der Waals surface area contributed by atoms with Gasteiger partial charge >= 0.3 is 5.88 Å². The predicted molar refractivity (Wildman–Crippen MR) is 114 cm³/mol. The monoisotopic (exact) mass is 450 g/mol. The predicted octanol–water partition coefficient (Wildman–Crippen LogP) is 3.74. The highest BCUT2D eigenvalue weighted by molar-refractivity contribution is 7.23. The van der Waals surface area contributed by atoms with Crippen LogP contribution in [0.4, 0.5) is 11.0 Å². The fraction of sp³-hybridized carbons (Fsp3) is 0.368. The maximum atomic E-state index is 13.2. The van der Waals surface area contributed by atoms with Crippen LogP contribution in [0.25, 0.3) is 10.2 Å². The Kier molecular flexibility index (Phi) is 6.00. The molecule has 0 aliphatic carbocycles. The number of carbonyl (C=O) groups is 1. The molecular weight excluding hydrogens is 432 g/mol. The van der Waals surface area contributed by atoms with Gasteiger partial charge in [-0.05, 0) is 24.6 Å². The fourth-order valence-corrected chi connectivity index (χ4v) is 4.57. The highest BCUT2D eigenvalue weighted by atomic mass is 35.5. The molecule has 0 saturated carbocycles. The third-order valence-corrected chi connectivity index (χ3v) is 6.43. The van der Waals surface area contributed by atoms with Gasteiger partial charge in [-0.1, -0.05) is 29.0 Å². The number of anilines is 1. The van der Waals surface area contributed by atoms with E-state index in [0.717, 1.165) is 28.9 Å². The lowest BCUT2D eigenvalue weighted by molar-refractivity contribution is -0.402. The largest absolute Gasteiger partial charge is 0.433 e. The van der Waals surface area contributed by atoms with Crippen molar-refractivity contribution in [2.24, 2.45) is 0 Å². The lowest BCUT2D eigenvalue weighted by atomic mass is 10.2. The zero-order valence-corrected chi connectivity index (χ0v) is 17.7. The number of nitro groups is 1. The Balaban J connectivity index is 1.67. The van der Waals surface area contributed by atoms with Crippen molar-refractivity contribution < 1.29 is 18.9 Å². The van der Waals surface area contributed by atoms with E-state index in [9.17, 15) is 14.9 Å². The van der Waals surface area contributed by atoms with Gasteiger partial charge in [-0.2, -0.15) is 0 Å². The molecule has 3 heterocycles. The van der Waals surface area contributed by atoms with Crippen LogP contribution in [0.1, 0.15) is 16.1 Å². The van der Waals surface area contributed by atoms with Crippen molar-refractivity contribution in [1.29, 1.82) is 0 Å². The second-order valence-electron chi connectivity index (χ2n) is 6.84. The van der Waals surface area contributed by atoms with Crippen LogP contribution in [-0.2, 0) is 4.74 Å². The molecule has 3 aromatic rings. The first-order chi connectivity index (χ1) is 14.4. The Morgan fingerprint density at radius 2 is 2.10 bits per heavy atom. The van der Waals surface area contributed by atoms with Gasteiger partial charge in [0.15, 0.2) is 10.9 Å². The van der Waals surface area contributed by atoms with E-state index in [-0.39, 0.29) is 5.76 Å². The number of benzene rings is 1. The molecule has 0 spiro atoms. The molecule has 0 bridgehead atoms. The highest BCUT2D eigenvalue weighted by Gasteiger charge is 2.27. The first-order valence-electron chi connectivity index (χ1n) is 9.36. The average Bonchev–Trinajstić information content (AvgIpc) is 3.40. The number of furan rings is 1. The van der Waals surface area contributed by atoms with Crippen molar-refractivity contribution >= 4 is 50.1 Å². The number of fused-ring (bicyclic) bond motifs is 1. The number of morpholine rings is 1. The smallest absolute Gasteiger partial charge is 0.395 e. The fourth-order valence-electron chi connectivity index (χ4n) is 3.23. The summed E-state index contributed by atoms with van der Waals surface area (Å²) in [5.74, 6) is -1.07. The van der Waals surface area contributed by atoms with E-state index in [4.69, 9.17) is 20.8 Å². The van der Waals surface area contributed by atoms with Gasteiger partial charge in [-0.25, -0.2) is 4.98 Å². The maximum Gasteiger partial charge on any atom is 0.433 e. The van der Waals surface area contributed by atoms with Gasteiger partial charge in [-0.3, -0.25) is 24.7 Å². The lowest BCUT2D eigenvalue weighted by Gasteiger charge is -2.28. The molecule has 158 valence electrons.